The zero-order chi connectivity index (χ0) is 14.0. The van der Waals surface area contributed by atoms with Crippen molar-refractivity contribution < 1.29 is 8.42 Å². The summed E-state index contributed by atoms with van der Waals surface area (Å²) < 4.78 is 27.5. The molecule has 102 valence electrons. The van der Waals surface area contributed by atoms with Crippen molar-refractivity contribution in [2.75, 3.05) is 0 Å². The maximum Gasteiger partial charge on any atom is 0.250 e. The molecule has 0 aliphatic rings. The maximum atomic E-state index is 12.0. The van der Waals surface area contributed by atoms with Crippen molar-refractivity contribution in [1.29, 1.82) is 0 Å². The Kier molecular flexibility index (Phi) is 4.92. The van der Waals surface area contributed by atoms with Gasteiger partial charge >= 0.3 is 0 Å². The molecule has 2 rings (SSSR count). The number of nitrogens with one attached hydrogen (secondary N) is 1. The highest BCUT2D eigenvalue weighted by Gasteiger charge is 2.16. The second-order valence-corrected chi connectivity index (χ2v) is 8.90. The van der Waals surface area contributed by atoms with Gasteiger partial charge in [-0.15, -0.1) is 11.3 Å². The third kappa shape index (κ3) is 3.93. The molecule has 0 aliphatic heterocycles. The fraction of sp³-hybridized carbons (Fsp3) is 0.0909. The van der Waals surface area contributed by atoms with Crippen LogP contribution < -0.4 is 4.72 Å². The summed E-state index contributed by atoms with van der Waals surface area (Å²) in [4.78, 5) is 0. The third-order valence-corrected chi connectivity index (χ3v) is 6.52. The lowest BCUT2D eigenvalue weighted by Gasteiger charge is -2.06. The van der Waals surface area contributed by atoms with E-state index in [-0.39, 0.29) is 10.8 Å². The second-order valence-electron chi connectivity index (χ2n) is 3.63. The summed E-state index contributed by atoms with van der Waals surface area (Å²) in [5.74, 6) is 0. The van der Waals surface area contributed by atoms with Crippen LogP contribution in [0.1, 0.15) is 5.56 Å². The molecule has 0 spiro atoms. The van der Waals surface area contributed by atoms with Gasteiger partial charge in [-0.25, -0.2) is 13.1 Å². The number of sulfonamides is 1. The van der Waals surface area contributed by atoms with Crippen molar-refractivity contribution in [3.63, 3.8) is 0 Å². The van der Waals surface area contributed by atoms with Gasteiger partial charge in [0.2, 0.25) is 10.0 Å². The van der Waals surface area contributed by atoms with Gasteiger partial charge in [-0.05, 0) is 45.8 Å². The highest BCUT2D eigenvalue weighted by Crippen LogP contribution is 2.26. The van der Waals surface area contributed by atoms with E-state index in [0.29, 0.717) is 10.0 Å². The number of thiophene rings is 1. The predicted molar refractivity (Wildman–Crippen MR) is 82.5 cm³/mol. The van der Waals surface area contributed by atoms with E-state index in [2.05, 4.69) is 20.7 Å². The minimum atomic E-state index is -3.50. The van der Waals surface area contributed by atoms with Crippen molar-refractivity contribution in [2.24, 2.45) is 0 Å². The molecule has 0 unspecified atom stereocenters. The molecule has 0 fully saturated rings. The van der Waals surface area contributed by atoms with Crippen LogP contribution in [0.5, 0.6) is 0 Å². The van der Waals surface area contributed by atoms with Crippen LogP contribution >= 0.6 is 50.5 Å². The highest BCUT2D eigenvalue weighted by molar-refractivity contribution is 9.11. The summed E-state index contributed by atoms with van der Waals surface area (Å²) in [6.07, 6.45) is 0. The maximum absolute atomic E-state index is 12.0. The Hall–Kier alpha value is -0.110. The van der Waals surface area contributed by atoms with E-state index in [9.17, 15) is 8.42 Å². The summed E-state index contributed by atoms with van der Waals surface area (Å²) >= 11 is 16.1. The molecule has 3 nitrogen and oxygen atoms in total. The summed E-state index contributed by atoms with van der Waals surface area (Å²) in [7, 11) is -3.50. The Bertz CT molecular complexity index is 700. The van der Waals surface area contributed by atoms with Gasteiger partial charge in [0, 0.05) is 6.54 Å². The minimum absolute atomic E-state index is 0.161. The van der Waals surface area contributed by atoms with Gasteiger partial charge in [-0.1, -0.05) is 29.3 Å². The SMILES string of the molecule is O=S(=O)(NCc1ccc(Cl)c(Cl)c1)c1ccc(Br)s1. The van der Waals surface area contributed by atoms with Crippen LogP contribution in [-0.2, 0) is 16.6 Å². The number of hydrogen-bond acceptors (Lipinski definition) is 3. The Labute approximate surface area is 133 Å². The van der Waals surface area contributed by atoms with Crippen LogP contribution in [0.15, 0.2) is 38.3 Å². The van der Waals surface area contributed by atoms with E-state index in [0.717, 1.165) is 20.7 Å². The molecular weight excluding hydrogens is 393 g/mol. The summed E-state index contributed by atoms with van der Waals surface area (Å²) in [6, 6.07) is 8.23. The molecule has 0 atom stereocenters. The van der Waals surface area contributed by atoms with Crippen LogP contribution in [0, 0.1) is 0 Å². The average molecular weight is 401 g/mol. The summed E-state index contributed by atoms with van der Waals surface area (Å²) in [6.45, 7) is 0.161. The van der Waals surface area contributed by atoms with Crippen molar-refractivity contribution in [3.05, 3.63) is 49.7 Å². The smallest absolute Gasteiger partial charge is 0.206 e. The quantitative estimate of drug-likeness (QED) is 0.831. The number of benzene rings is 1. The predicted octanol–water partition coefficient (Wildman–Crippen LogP) is 4.30. The van der Waals surface area contributed by atoms with Gasteiger partial charge in [0.1, 0.15) is 4.21 Å². The molecule has 0 radical (unpaired) electrons. The average Bonchev–Trinajstić information content (AvgIpc) is 2.78. The topological polar surface area (TPSA) is 46.2 Å². The lowest BCUT2D eigenvalue weighted by atomic mass is 10.2. The first kappa shape index (κ1) is 15.3. The van der Waals surface area contributed by atoms with Gasteiger partial charge in [0.15, 0.2) is 0 Å². The van der Waals surface area contributed by atoms with Gasteiger partial charge in [0.05, 0.1) is 13.8 Å². The normalized spacial score (nSPS) is 11.7. The third-order valence-electron chi connectivity index (χ3n) is 2.26. The first-order valence-electron chi connectivity index (χ1n) is 5.07. The second kappa shape index (κ2) is 6.11. The van der Waals surface area contributed by atoms with Crippen molar-refractivity contribution in [2.45, 2.75) is 10.8 Å². The van der Waals surface area contributed by atoms with Gasteiger partial charge in [-0.3, -0.25) is 0 Å². The minimum Gasteiger partial charge on any atom is -0.206 e. The zero-order valence-electron chi connectivity index (χ0n) is 9.36. The van der Waals surface area contributed by atoms with Crippen molar-refractivity contribution in [1.82, 2.24) is 4.72 Å². The van der Waals surface area contributed by atoms with Crippen LogP contribution in [-0.4, -0.2) is 8.42 Å². The van der Waals surface area contributed by atoms with Crippen LogP contribution in [0.4, 0.5) is 0 Å². The van der Waals surface area contributed by atoms with Crippen LogP contribution in [0.2, 0.25) is 10.0 Å². The molecule has 1 N–H and O–H groups in total. The van der Waals surface area contributed by atoms with E-state index in [1.54, 1.807) is 30.3 Å². The molecule has 0 amide bonds. The molecule has 0 bridgehead atoms. The lowest BCUT2D eigenvalue weighted by molar-refractivity contribution is 0.583. The van der Waals surface area contributed by atoms with Gasteiger partial charge in [-0.2, -0.15) is 0 Å². The van der Waals surface area contributed by atoms with E-state index in [1.807, 2.05) is 0 Å². The molecule has 1 aromatic heterocycles. The fourth-order valence-electron chi connectivity index (χ4n) is 1.34. The Morgan fingerprint density at radius 2 is 1.89 bits per heavy atom. The van der Waals surface area contributed by atoms with Gasteiger partial charge < -0.3 is 0 Å². The molecule has 0 saturated carbocycles. The van der Waals surface area contributed by atoms with E-state index in [4.69, 9.17) is 23.2 Å². The Morgan fingerprint density at radius 3 is 2.47 bits per heavy atom. The Morgan fingerprint density at radius 1 is 1.16 bits per heavy atom. The molecule has 1 aromatic carbocycles. The number of rotatable bonds is 4. The number of hydrogen-bond donors (Lipinski definition) is 1. The van der Waals surface area contributed by atoms with Gasteiger partial charge in [0.25, 0.3) is 0 Å². The van der Waals surface area contributed by atoms with E-state index in [1.165, 1.54) is 0 Å². The first-order valence-corrected chi connectivity index (χ1v) is 8.92. The van der Waals surface area contributed by atoms with E-state index >= 15 is 0 Å². The monoisotopic (exact) mass is 399 g/mol. The largest absolute Gasteiger partial charge is 0.250 e. The number of halogens is 3. The summed E-state index contributed by atoms with van der Waals surface area (Å²) in [5, 5.41) is 0.840. The highest BCUT2D eigenvalue weighted by atomic mass is 79.9. The fourth-order valence-corrected chi connectivity index (χ4v) is 4.73. The molecule has 0 aliphatic carbocycles. The molecule has 0 saturated heterocycles. The molecule has 1 heterocycles. The Balaban J connectivity index is 2.11. The zero-order valence-corrected chi connectivity index (χ0v) is 14.1. The van der Waals surface area contributed by atoms with E-state index < -0.39 is 10.0 Å². The van der Waals surface area contributed by atoms with Crippen LogP contribution in [0.25, 0.3) is 0 Å². The standard InChI is InChI=1S/C11H8BrCl2NO2S2/c12-10-3-4-11(18-10)19(16,17)15-6-7-1-2-8(13)9(14)5-7/h1-5,15H,6H2. The molecular formula is C11H8BrCl2NO2S2. The van der Waals surface area contributed by atoms with Crippen molar-refractivity contribution in [3.8, 4) is 0 Å². The summed E-state index contributed by atoms with van der Waals surface area (Å²) in [5.41, 5.74) is 0.744. The lowest BCUT2D eigenvalue weighted by Crippen LogP contribution is -2.22. The molecule has 2 aromatic rings. The van der Waals surface area contributed by atoms with Crippen LogP contribution in [0.3, 0.4) is 0 Å². The van der Waals surface area contributed by atoms with Crippen molar-refractivity contribution >= 4 is 60.5 Å². The first-order chi connectivity index (χ1) is 8.88. The molecule has 19 heavy (non-hydrogen) atoms. The molecule has 8 heteroatoms.